The van der Waals surface area contributed by atoms with E-state index in [1.54, 1.807) is 43.6 Å². The number of ether oxygens (including phenoxy) is 1. The van der Waals surface area contributed by atoms with Gasteiger partial charge in [-0.05, 0) is 54.4 Å². The Morgan fingerprint density at radius 2 is 2.06 bits per heavy atom. The molecule has 4 aromatic rings. The van der Waals surface area contributed by atoms with Crippen LogP contribution in [0.15, 0.2) is 59.8 Å². The number of imidazole rings is 1. The van der Waals surface area contributed by atoms with Crippen LogP contribution in [0.4, 0.5) is 0 Å². The Kier molecular flexibility index (Phi) is 7.07. The molecule has 2 heterocycles. The zero-order chi connectivity index (χ0) is 24.8. The minimum atomic E-state index is -0.225. The summed E-state index contributed by atoms with van der Waals surface area (Å²) in [6.45, 7) is 0.432. The van der Waals surface area contributed by atoms with Crippen molar-refractivity contribution in [3.63, 3.8) is 0 Å². The maximum absolute atomic E-state index is 12.6. The van der Waals surface area contributed by atoms with E-state index >= 15 is 0 Å². The molecule has 1 amide bonds. The minimum absolute atomic E-state index is 0.0704. The average molecular weight is 475 g/mol. The van der Waals surface area contributed by atoms with Gasteiger partial charge in [0.1, 0.15) is 17.4 Å². The number of phenolic OH excluding ortho intramolecular Hbond substituents is 1. The highest BCUT2D eigenvalue weighted by Crippen LogP contribution is 2.35. The number of nitrogens with one attached hydrogen (secondary N) is 3. The smallest absolute Gasteiger partial charge is 0.251 e. The number of pyridine rings is 1. The van der Waals surface area contributed by atoms with Crippen molar-refractivity contribution in [2.24, 2.45) is 16.8 Å². The summed E-state index contributed by atoms with van der Waals surface area (Å²) in [5.74, 6) is 11.7. The second-order valence-electron chi connectivity index (χ2n) is 7.69. The first-order chi connectivity index (χ1) is 17.0. The lowest BCUT2D eigenvalue weighted by molar-refractivity contribution is 0.0953. The topological polar surface area (TPSA) is 177 Å². The zero-order valence-electron chi connectivity index (χ0n) is 19.1. The number of aromatic nitrogens is 3. The number of aromatic hydroxyl groups is 1. The Morgan fingerprint density at radius 1 is 1.20 bits per heavy atom. The molecule has 180 valence electrons. The monoisotopic (exact) mass is 474 g/mol. The first-order valence-corrected chi connectivity index (χ1v) is 10.9. The molecule has 0 spiro atoms. The fourth-order valence-corrected chi connectivity index (χ4v) is 3.67. The summed E-state index contributed by atoms with van der Waals surface area (Å²) >= 11 is 0. The van der Waals surface area contributed by atoms with Gasteiger partial charge in [-0.2, -0.15) is 5.10 Å². The molecule has 0 bridgehead atoms. The fraction of sp³-hybridized carbons (Fsp3) is 0.167. The number of amides is 1. The highest BCUT2D eigenvalue weighted by molar-refractivity contribution is 5.97. The van der Waals surface area contributed by atoms with Crippen molar-refractivity contribution in [1.82, 2.24) is 25.7 Å². The molecular formula is C24H26N8O3. The van der Waals surface area contributed by atoms with Crippen molar-refractivity contribution in [2.45, 2.75) is 12.8 Å². The van der Waals surface area contributed by atoms with Gasteiger partial charge in [-0.25, -0.2) is 15.8 Å². The summed E-state index contributed by atoms with van der Waals surface area (Å²) < 4.78 is 5.36. The van der Waals surface area contributed by atoms with Crippen LogP contribution in [0.2, 0.25) is 0 Å². The van der Waals surface area contributed by atoms with Crippen LogP contribution in [0.5, 0.6) is 11.6 Å². The summed E-state index contributed by atoms with van der Waals surface area (Å²) in [7, 11) is 1.56. The van der Waals surface area contributed by atoms with Gasteiger partial charge in [0.15, 0.2) is 0 Å². The third-order valence-corrected chi connectivity index (χ3v) is 5.47. The molecule has 0 aliphatic carbocycles. The highest BCUT2D eigenvalue weighted by Gasteiger charge is 2.15. The number of H-pyrrole nitrogens is 1. The van der Waals surface area contributed by atoms with Crippen molar-refractivity contribution < 1.29 is 14.6 Å². The first kappa shape index (κ1) is 23.5. The molecule has 0 aliphatic heterocycles. The van der Waals surface area contributed by atoms with E-state index in [-0.39, 0.29) is 11.7 Å². The lowest BCUT2D eigenvalue weighted by Gasteiger charge is -2.09. The number of nitrogens with two attached hydrogens (primary N) is 2. The Bertz CT molecular complexity index is 1380. The molecule has 0 aliphatic rings. The Labute approximate surface area is 201 Å². The van der Waals surface area contributed by atoms with E-state index < -0.39 is 0 Å². The van der Waals surface area contributed by atoms with Gasteiger partial charge >= 0.3 is 0 Å². The number of carbonyl (C=O) groups is 1. The van der Waals surface area contributed by atoms with Crippen LogP contribution in [0.3, 0.4) is 0 Å². The zero-order valence-corrected chi connectivity index (χ0v) is 19.1. The second-order valence-corrected chi connectivity index (χ2v) is 7.69. The van der Waals surface area contributed by atoms with Gasteiger partial charge < -0.3 is 31.4 Å². The molecule has 0 fully saturated rings. The van der Waals surface area contributed by atoms with Crippen molar-refractivity contribution in [1.29, 1.82) is 0 Å². The molecule has 35 heavy (non-hydrogen) atoms. The van der Waals surface area contributed by atoms with Gasteiger partial charge in [-0.3, -0.25) is 4.79 Å². The van der Waals surface area contributed by atoms with E-state index in [9.17, 15) is 9.90 Å². The number of methoxy groups -OCH3 is 1. The average Bonchev–Trinajstić information content (AvgIpc) is 3.32. The van der Waals surface area contributed by atoms with Crippen LogP contribution in [0, 0.1) is 0 Å². The van der Waals surface area contributed by atoms with Crippen LogP contribution in [-0.4, -0.2) is 45.5 Å². The Hall–Kier alpha value is -4.64. The third kappa shape index (κ3) is 5.14. The van der Waals surface area contributed by atoms with Crippen LogP contribution in [0.1, 0.15) is 23.2 Å². The minimum Gasteiger partial charge on any atom is -0.507 e. The van der Waals surface area contributed by atoms with E-state index in [4.69, 9.17) is 16.4 Å². The summed E-state index contributed by atoms with van der Waals surface area (Å²) in [4.78, 5) is 24.6. The number of phenols is 1. The molecule has 0 radical (unpaired) electrons. The highest BCUT2D eigenvalue weighted by atomic mass is 16.5. The van der Waals surface area contributed by atoms with E-state index in [0.29, 0.717) is 53.6 Å². The second kappa shape index (κ2) is 10.5. The number of hydrazone groups is 1. The summed E-state index contributed by atoms with van der Waals surface area (Å²) in [6, 6.07) is 14.1. The third-order valence-electron chi connectivity index (χ3n) is 5.47. The summed E-state index contributed by atoms with van der Waals surface area (Å²) in [5, 5.41) is 16.9. The van der Waals surface area contributed by atoms with Gasteiger partial charge in [0.05, 0.1) is 23.7 Å². The number of hydrazine groups is 1. The van der Waals surface area contributed by atoms with Gasteiger partial charge in [0.25, 0.3) is 5.91 Å². The van der Waals surface area contributed by atoms with E-state index in [0.717, 1.165) is 16.6 Å². The predicted molar refractivity (Wildman–Crippen MR) is 133 cm³/mol. The maximum atomic E-state index is 12.6. The summed E-state index contributed by atoms with van der Waals surface area (Å²) in [5.41, 5.74) is 6.33. The van der Waals surface area contributed by atoms with Gasteiger partial charge in [-0.15, -0.1) is 0 Å². The van der Waals surface area contributed by atoms with Gasteiger partial charge in [-0.1, -0.05) is 6.07 Å². The first-order valence-electron chi connectivity index (χ1n) is 10.9. The number of hydrogen-bond acceptors (Lipinski definition) is 8. The number of carbonyl (C=O) groups excluding carboxylic acids is 1. The number of aromatic amines is 1. The van der Waals surface area contributed by atoms with Crippen molar-refractivity contribution in [3.05, 3.63) is 60.3 Å². The Balaban J connectivity index is 1.55. The van der Waals surface area contributed by atoms with Crippen LogP contribution in [-0.2, 0) is 0 Å². The molecule has 2 aromatic heterocycles. The molecule has 0 saturated heterocycles. The summed E-state index contributed by atoms with van der Waals surface area (Å²) in [6.07, 6.45) is 2.79. The molecule has 8 N–H and O–H groups in total. The quantitative estimate of drug-likeness (QED) is 0.0740. The van der Waals surface area contributed by atoms with E-state index in [1.807, 2.05) is 18.2 Å². The van der Waals surface area contributed by atoms with Crippen LogP contribution >= 0.6 is 0 Å². The molecule has 11 nitrogen and oxygen atoms in total. The van der Waals surface area contributed by atoms with Crippen molar-refractivity contribution >= 4 is 22.8 Å². The molecule has 2 aromatic carbocycles. The normalized spacial score (nSPS) is 11.4. The molecule has 4 rings (SSSR count). The van der Waals surface area contributed by atoms with Crippen LogP contribution in [0.25, 0.3) is 33.5 Å². The van der Waals surface area contributed by atoms with Gasteiger partial charge in [0, 0.05) is 30.3 Å². The van der Waals surface area contributed by atoms with E-state index in [2.05, 4.69) is 30.8 Å². The molecule has 0 atom stereocenters. The lowest BCUT2D eigenvalue weighted by Crippen LogP contribution is -2.32. The molecule has 0 saturated carbocycles. The number of benzene rings is 2. The fourth-order valence-electron chi connectivity index (χ4n) is 3.67. The Morgan fingerprint density at radius 3 is 2.83 bits per heavy atom. The van der Waals surface area contributed by atoms with Crippen molar-refractivity contribution in [2.75, 3.05) is 13.7 Å². The van der Waals surface area contributed by atoms with Crippen molar-refractivity contribution in [3.8, 4) is 34.1 Å². The van der Waals surface area contributed by atoms with E-state index in [1.165, 1.54) is 0 Å². The SMILES string of the molecule is COc1ncccc1-c1ccc(O)c(-c2nc3cc(C(=O)NCCC/C(=N/N)NN)ccc3[nH]2)c1. The predicted octanol–water partition coefficient (Wildman–Crippen LogP) is 2.25. The van der Waals surface area contributed by atoms with Gasteiger partial charge in [0.2, 0.25) is 5.88 Å². The molecular weight excluding hydrogens is 448 g/mol. The largest absolute Gasteiger partial charge is 0.507 e. The number of rotatable bonds is 8. The number of amidine groups is 1. The molecule has 0 unspecified atom stereocenters. The number of fused-ring (bicyclic) bond motifs is 1. The number of hydrogen-bond donors (Lipinski definition) is 6. The maximum Gasteiger partial charge on any atom is 0.251 e. The molecule has 11 heteroatoms. The lowest BCUT2D eigenvalue weighted by atomic mass is 10.0. The van der Waals surface area contributed by atoms with Crippen LogP contribution < -0.4 is 27.2 Å². The number of nitrogens with zero attached hydrogens (tertiary/aromatic N) is 3. The standard InChI is InChI=1S/C24H26N8O3/c1-35-24-16(4-2-11-28-24)14-7-9-20(33)17(12-14)22-29-18-8-6-15(13-19(18)30-22)23(34)27-10-3-5-21(31-25)32-26/h2,4,6-9,11-13,33H,3,5,10,25-26H2,1H3,(H,27,34)(H,29,30)(H,31,32).